The molecule has 224 valence electrons. The lowest BCUT2D eigenvalue weighted by Crippen LogP contribution is -2.35. The number of carboxylic acid groups (broad SMARTS) is 1. The first-order valence-corrected chi connectivity index (χ1v) is 14.2. The number of carbonyl (C=O) groups excluding carboxylic acids is 1. The van der Waals surface area contributed by atoms with Crippen LogP contribution in [-0.2, 0) is 16.0 Å². The quantitative estimate of drug-likeness (QED) is 0.258. The first kappa shape index (κ1) is 33.3. The number of anilines is 3. The number of rotatable bonds is 8. The average Bonchev–Trinajstić information content (AvgIpc) is 2.91. The van der Waals surface area contributed by atoms with Crippen LogP contribution < -0.4 is 20.3 Å². The van der Waals surface area contributed by atoms with Crippen molar-refractivity contribution in [1.29, 1.82) is 0 Å². The Kier molecular flexibility index (Phi) is 13.3. The van der Waals surface area contributed by atoms with Crippen molar-refractivity contribution in [2.75, 3.05) is 48.8 Å². The van der Waals surface area contributed by atoms with Crippen molar-refractivity contribution in [3.63, 3.8) is 0 Å². The van der Waals surface area contributed by atoms with E-state index >= 15 is 0 Å². The summed E-state index contributed by atoms with van der Waals surface area (Å²) in [5.41, 5.74) is 7.62. The number of hydrogen-bond acceptors (Lipinski definition) is 8. The molecule has 2 aromatic rings. The Bertz CT molecular complexity index is 1190. The van der Waals surface area contributed by atoms with Gasteiger partial charge in [0.15, 0.2) is 0 Å². The van der Waals surface area contributed by atoms with Gasteiger partial charge in [0.05, 0.1) is 24.8 Å². The molecular formula is C32H47N5O4. The second kappa shape index (κ2) is 16.4. The van der Waals surface area contributed by atoms with Crippen molar-refractivity contribution >= 4 is 35.5 Å². The second-order valence-electron chi connectivity index (χ2n) is 11.6. The zero-order valence-electron chi connectivity index (χ0n) is 25.7. The molecule has 1 aromatic carbocycles. The predicted molar refractivity (Wildman–Crippen MR) is 169 cm³/mol. The fourth-order valence-electron chi connectivity index (χ4n) is 4.10. The van der Waals surface area contributed by atoms with Gasteiger partial charge in [0, 0.05) is 49.7 Å². The molecule has 0 saturated heterocycles. The van der Waals surface area contributed by atoms with Gasteiger partial charge in [0.2, 0.25) is 5.88 Å². The third kappa shape index (κ3) is 11.6. The van der Waals surface area contributed by atoms with Gasteiger partial charge in [-0.05, 0) is 48.4 Å². The fraction of sp³-hybridized carbons (Fsp3) is 0.500. The van der Waals surface area contributed by atoms with E-state index in [2.05, 4.69) is 60.1 Å². The highest BCUT2D eigenvalue weighted by Gasteiger charge is 2.24. The maximum Gasteiger partial charge on any atom is 0.307 e. The number of aromatic nitrogens is 1. The lowest BCUT2D eigenvalue weighted by atomic mass is 10.0. The first-order valence-electron chi connectivity index (χ1n) is 14.2. The summed E-state index contributed by atoms with van der Waals surface area (Å²) in [4.78, 5) is 31.4. The molecule has 0 amide bonds. The SMILES string of the molecule is CC(C)(C)C.CCCC=O.CN=CC1=C(Nc2ccc(CC(=O)O)cc2)CN(c2cnc3c(c2C)NCCO3)CC1. The lowest BCUT2D eigenvalue weighted by Gasteiger charge is -2.34. The van der Waals surface area contributed by atoms with E-state index in [1.54, 1.807) is 7.05 Å². The van der Waals surface area contributed by atoms with Crippen molar-refractivity contribution in [3.8, 4) is 5.88 Å². The Morgan fingerprint density at radius 3 is 2.49 bits per heavy atom. The topological polar surface area (TPSA) is 116 Å². The predicted octanol–water partition coefficient (Wildman–Crippen LogP) is 6.14. The molecule has 4 rings (SSSR count). The van der Waals surface area contributed by atoms with Crippen molar-refractivity contribution < 1.29 is 19.4 Å². The average molecular weight is 566 g/mol. The zero-order chi connectivity index (χ0) is 30.4. The maximum absolute atomic E-state index is 10.9. The number of nitrogens with one attached hydrogen (secondary N) is 2. The van der Waals surface area contributed by atoms with E-state index in [1.165, 1.54) is 5.57 Å². The van der Waals surface area contributed by atoms with Gasteiger partial charge in [-0.15, -0.1) is 0 Å². The third-order valence-corrected chi connectivity index (χ3v) is 5.94. The molecule has 0 unspecified atom stereocenters. The number of aliphatic imine (C=N–C) groups is 1. The Labute approximate surface area is 245 Å². The Hall–Kier alpha value is -3.88. The standard InChI is InChI=1S/C23H27N5O3.C5H12.C4H8O/c1-15-20(13-26-23-22(15)25-8-10-31-23)28-9-7-17(12-24-2)19(14-28)27-18-5-3-16(4-6-18)11-21(29)30;1-5(2,3)4;1-2-3-4-5/h3-6,12-13,25,27H,7-11,14H2,1-2H3,(H,29,30);1-4H3;4H,2-3H2,1H3. The van der Waals surface area contributed by atoms with E-state index in [9.17, 15) is 9.59 Å². The summed E-state index contributed by atoms with van der Waals surface area (Å²) < 4.78 is 5.66. The van der Waals surface area contributed by atoms with Crippen LogP contribution in [0, 0.1) is 12.3 Å². The second-order valence-corrected chi connectivity index (χ2v) is 11.6. The van der Waals surface area contributed by atoms with E-state index in [4.69, 9.17) is 9.84 Å². The van der Waals surface area contributed by atoms with Crippen molar-refractivity contribution in [2.24, 2.45) is 10.4 Å². The number of carboxylic acids is 1. The lowest BCUT2D eigenvalue weighted by molar-refractivity contribution is -0.136. The van der Waals surface area contributed by atoms with Crippen molar-refractivity contribution in [2.45, 2.75) is 67.2 Å². The van der Waals surface area contributed by atoms with Crippen LogP contribution in [0.2, 0.25) is 0 Å². The molecule has 3 N–H and O–H groups in total. The third-order valence-electron chi connectivity index (χ3n) is 5.94. The van der Waals surface area contributed by atoms with E-state index in [1.807, 2.05) is 43.6 Å². The molecule has 41 heavy (non-hydrogen) atoms. The molecule has 1 aromatic heterocycles. The summed E-state index contributed by atoms with van der Waals surface area (Å²) in [5.74, 6) is -0.166. The molecule has 9 nitrogen and oxygen atoms in total. The number of unbranched alkanes of at least 4 members (excludes halogenated alkanes) is 1. The van der Waals surface area contributed by atoms with Crippen molar-refractivity contribution in [3.05, 3.63) is 52.9 Å². The van der Waals surface area contributed by atoms with E-state index in [-0.39, 0.29) is 6.42 Å². The molecule has 0 atom stereocenters. The number of hydrogen-bond donors (Lipinski definition) is 3. The number of aldehydes is 1. The fourth-order valence-corrected chi connectivity index (χ4v) is 4.10. The summed E-state index contributed by atoms with van der Waals surface area (Å²) >= 11 is 0. The molecular weight excluding hydrogens is 518 g/mol. The largest absolute Gasteiger partial charge is 0.481 e. The summed E-state index contributed by atoms with van der Waals surface area (Å²) in [6, 6.07) is 7.51. The van der Waals surface area contributed by atoms with Gasteiger partial charge in [0.25, 0.3) is 0 Å². The number of ether oxygens (including phenoxy) is 1. The van der Waals surface area contributed by atoms with Crippen LogP contribution in [0.4, 0.5) is 17.1 Å². The highest BCUT2D eigenvalue weighted by atomic mass is 16.5. The number of nitrogens with zero attached hydrogens (tertiary/aromatic N) is 3. The van der Waals surface area contributed by atoms with Crippen LogP contribution in [-0.4, -0.2) is 61.8 Å². The van der Waals surface area contributed by atoms with Crippen LogP contribution in [0.3, 0.4) is 0 Å². The van der Waals surface area contributed by atoms with Gasteiger partial charge in [-0.3, -0.25) is 9.79 Å². The van der Waals surface area contributed by atoms with Gasteiger partial charge in [-0.25, -0.2) is 4.98 Å². The molecule has 0 spiro atoms. The maximum atomic E-state index is 10.9. The summed E-state index contributed by atoms with van der Waals surface area (Å²) in [6.45, 7) is 15.8. The van der Waals surface area contributed by atoms with Crippen LogP contribution in [0.25, 0.3) is 0 Å². The molecule has 0 aliphatic carbocycles. The molecule has 2 aliphatic heterocycles. The van der Waals surface area contributed by atoms with Crippen LogP contribution >= 0.6 is 0 Å². The van der Waals surface area contributed by atoms with E-state index < -0.39 is 5.97 Å². The molecule has 0 radical (unpaired) electrons. The Morgan fingerprint density at radius 1 is 1.24 bits per heavy atom. The van der Waals surface area contributed by atoms with E-state index in [0.29, 0.717) is 30.9 Å². The highest BCUT2D eigenvalue weighted by Crippen LogP contribution is 2.36. The minimum atomic E-state index is -0.832. The monoisotopic (exact) mass is 565 g/mol. The van der Waals surface area contributed by atoms with Gasteiger partial charge in [0.1, 0.15) is 18.6 Å². The van der Waals surface area contributed by atoms with Crippen LogP contribution in [0.5, 0.6) is 5.88 Å². The number of carbonyl (C=O) groups is 2. The van der Waals surface area contributed by atoms with Gasteiger partial charge >= 0.3 is 5.97 Å². The highest BCUT2D eigenvalue weighted by molar-refractivity contribution is 5.82. The minimum Gasteiger partial charge on any atom is -0.481 e. The Balaban J connectivity index is 0.000000507. The van der Waals surface area contributed by atoms with Crippen molar-refractivity contribution in [1.82, 2.24) is 4.98 Å². The molecule has 3 heterocycles. The zero-order valence-corrected chi connectivity index (χ0v) is 25.7. The first-order chi connectivity index (χ1) is 19.5. The number of aliphatic carboxylic acids is 1. The van der Waals surface area contributed by atoms with Gasteiger partial charge in [-0.1, -0.05) is 46.8 Å². The van der Waals surface area contributed by atoms with Crippen LogP contribution in [0.1, 0.15) is 65.0 Å². The minimum absolute atomic E-state index is 0.0207. The van der Waals surface area contributed by atoms with Gasteiger partial charge in [-0.2, -0.15) is 0 Å². The number of pyridine rings is 1. The number of benzene rings is 1. The number of fused-ring (bicyclic) bond motifs is 1. The Morgan fingerprint density at radius 2 is 1.93 bits per heavy atom. The van der Waals surface area contributed by atoms with Gasteiger partial charge < -0.3 is 30.2 Å². The van der Waals surface area contributed by atoms with Crippen LogP contribution in [0.15, 0.2) is 46.7 Å². The van der Waals surface area contributed by atoms with E-state index in [0.717, 1.165) is 66.1 Å². The molecule has 0 bridgehead atoms. The summed E-state index contributed by atoms with van der Waals surface area (Å²) in [7, 11) is 1.78. The molecule has 9 heteroatoms. The molecule has 0 fully saturated rings. The summed E-state index contributed by atoms with van der Waals surface area (Å²) in [6.07, 6.45) is 7.29. The molecule has 2 aliphatic rings. The smallest absolute Gasteiger partial charge is 0.307 e. The molecule has 0 saturated carbocycles. The summed E-state index contributed by atoms with van der Waals surface area (Å²) in [5, 5.41) is 15.9. The normalized spacial score (nSPS) is 14.5.